The maximum atomic E-state index is 12.4. The quantitative estimate of drug-likeness (QED) is 0.805. The molecule has 2 aromatic heterocycles. The summed E-state index contributed by atoms with van der Waals surface area (Å²) in [6.07, 6.45) is 3.58. The molecule has 7 heteroatoms. The number of hydrogen-bond donors (Lipinski definition) is 1. The van der Waals surface area contributed by atoms with Gasteiger partial charge < -0.3 is 5.32 Å². The summed E-state index contributed by atoms with van der Waals surface area (Å²) in [6.45, 7) is 5.13. The summed E-state index contributed by atoms with van der Waals surface area (Å²) in [4.78, 5) is 28.6. The summed E-state index contributed by atoms with van der Waals surface area (Å²) in [6, 6.07) is 1.85. The summed E-state index contributed by atoms with van der Waals surface area (Å²) >= 11 is 3.36. The van der Waals surface area contributed by atoms with E-state index in [1.165, 1.54) is 4.57 Å². The van der Waals surface area contributed by atoms with Crippen molar-refractivity contribution >= 4 is 33.0 Å². The van der Waals surface area contributed by atoms with Crippen LogP contribution in [0.25, 0.3) is 11.2 Å². The number of imidazole rings is 1. The van der Waals surface area contributed by atoms with Crippen LogP contribution in [-0.2, 0) is 17.9 Å². The molecule has 2 heterocycles. The normalized spacial score (nSPS) is 11.0. The molecule has 0 saturated heterocycles. The molecule has 114 valence electrons. The lowest BCUT2D eigenvalue weighted by atomic mass is 10.3. The summed E-state index contributed by atoms with van der Waals surface area (Å²) in [5.41, 5.74) is 1.07. The van der Waals surface area contributed by atoms with Crippen molar-refractivity contribution in [1.29, 1.82) is 0 Å². The van der Waals surface area contributed by atoms with E-state index >= 15 is 0 Å². The lowest BCUT2D eigenvalue weighted by molar-refractivity contribution is -0.121. The Balaban J connectivity index is 2.33. The first-order valence-corrected chi connectivity index (χ1v) is 7.89. The molecule has 6 nitrogen and oxygen atoms in total. The van der Waals surface area contributed by atoms with Crippen LogP contribution < -0.4 is 11.0 Å². The minimum Gasteiger partial charge on any atom is -0.355 e. The molecule has 0 bridgehead atoms. The SMILES string of the molecule is CCCCNC(=O)Cn1c(=O)n(CC)c2cc(Br)cnc21. The average molecular weight is 355 g/mol. The van der Waals surface area contributed by atoms with Crippen molar-refractivity contribution in [3.8, 4) is 0 Å². The van der Waals surface area contributed by atoms with Gasteiger partial charge in [0.1, 0.15) is 6.54 Å². The van der Waals surface area contributed by atoms with Crippen LogP contribution in [0.3, 0.4) is 0 Å². The molecule has 0 unspecified atom stereocenters. The fraction of sp³-hybridized carbons (Fsp3) is 0.500. The van der Waals surface area contributed by atoms with E-state index in [0.717, 1.165) is 22.8 Å². The lowest BCUT2D eigenvalue weighted by Crippen LogP contribution is -2.33. The molecule has 0 fully saturated rings. The van der Waals surface area contributed by atoms with Gasteiger partial charge in [-0.15, -0.1) is 0 Å². The molecule has 0 atom stereocenters. The Morgan fingerprint density at radius 1 is 1.38 bits per heavy atom. The topological polar surface area (TPSA) is 68.9 Å². The van der Waals surface area contributed by atoms with Gasteiger partial charge in [0.2, 0.25) is 5.91 Å². The maximum absolute atomic E-state index is 12.4. The smallest absolute Gasteiger partial charge is 0.330 e. The Labute approximate surface area is 131 Å². The number of unbranched alkanes of at least 4 members (excludes halogenated alkanes) is 1. The molecule has 1 N–H and O–H groups in total. The first-order valence-electron chi connectivity index (χ1n) is 7.09. The molecule has 2 aromatic rings. The van der Waals surface area contributed by atoms with Crippen molar-refractivity contribution in [3.63, 3.8) is 0 Å². The van der Waals surface area contributed by atoms with Crippen molar-refractivity contribution in [2.24, 2.45) is 0 Å². The molecule has 2 rings (SSSR count). The van der Waals surface area contributed by atoms with E-state index in [1.807, 2.05) is 13.0 Å². The van der Waals surface area contributed by atoms with E-state index in [0.29, 0.717) is 18.7 Å². The highest BCUT2D eigenvalue weighted by molar-refractivity contribution is 9.10. The van der Waals surface area contributed by atoms with E-state index < -0.39 is 0 Å². The predicted molar refractivity (Wildman–Crippen MR) is 85.3 cm³/mol. The number of carbonyl (C=O) groups is 1. The molecule has 0 radical (unpaired) electrons. The summed E-state index contributed by atoms with van der Waals surface area (Å²) in [5, 5.41) is 2.82. The zero-order chi connectivity index (χ0) is 15.4. The van der Waals surface area contributed by atoms with Crippen molar-refractivity contribution in [1.82, 2.24) is 19.4 Å². The molecular formula is C14H19BrN4O2. The van der Waals surface area contributed by atoms with Gasteiger partial charge in [0.15, 0.2) is 5.65 Å². The van der Waals surface area contributed by atoms with E-state index in [2.05, 4.69) is 33.2 Å². The number of aromatic nitrogens is 3. The standard InChI is InChI=1S/C14H19BrN4O2/c1-3-5-6-16-12(20)9-19-13-11(7-10(15)8-17-13)18(4-2)14(19)21/h7-8H,3-6,9H2,1-2H3,(H,16,20). The zero-order valence-corrected chi connectivity index (χ0v) is 13.8. The summed E-state index contributed by atoms with van der Waals surface area (Å²) in [7, 11) is 0. The first-order chi connectivity index (χ1) is 10.1. The van der Waals surface area contributed by atoms with Crippen LogP contribution in [-0.4, -0.2) is 26.6 Å². The van der Waals surface area contributed by atoms with Gasteiger partial charge in [-0.25, -0.2) is 9.78 Å². The van der Waals surface area contributed by atoms with Gasteiger partial charge in [-0.2, -0.15) is 0 Å². The minimum atomic E-state index is -0.205. The van der Waals surface area contributed by atoms with Gasteiger partial charge in [0.25, 0.3) is 0 Å². The number of rotatable bonds is 6. The van der Waals surface area contributed by atoms with E-state index in [9.17, 15) is 9.59 Å². The number of nitrogens with zero attached hydrogens (tertiary/aromatic N) is 3. The van der Waals surface area contributed by atoms with Gasteiger partial charge in [0.05, 0.1) is 5.52 Å². The molecule has 0 aliphatic rings. The zero-order valence-electron chi connectivity index (χ0n) is 12.2. The van der Waals surface area contributed by atoms with Crippen molar-refractivity contribution < 1.29 is 4.79 Å². The molecule has 0 spiro atoms. The second-order valence-electron chi connectivity index (χ2n) is 4.81. The summed E-state index contributed by atoms with van der Waals surface area (Å²) < 4.78 is 3.85. The molecule has 0 aliphatic carbocycles. The van der Waals surface area contributed by atoms with Crippen LogP contribution >= 0.6 is 15.9 Å². The maximum Gasteiger partial charge on any atom is 0.330 e. The van der Waals surface area contributed by atoms with Gasteiger partial charge in [0, 0.05) is 23.8 Å². The Hall–Kier alpha value is -1.63. The van der Waals surface area contributed by atoms with E-state index in [4.69, 9.17) is 0 Å². The third-order valence-electron chi connectivity index (χ3n) is 3.29. The van der Waals surface area contributed by atoms with Crippen LogP contribution in [0.5, 0.6) is 0 Å². The summed E-state index contributed by atoms with van der Waals surface area (Å²) in [5.74, 6) is -0.162. The van der Waals surface area contributed by atoms with Crippen LogP contribution in [0.15, 0.2) is 21.5 Å². The highest BCUT2D eigenvalue weighted by atomic mass is 79.9. The van der Waals surface area contributed by atoms with Crippen LogP contribution in [0.2, 0.25) is 0 Å². The molecule has 0 aromatic carbocycles. The molecule has 21 heavy (non-hydrogen) atoms. The van der Waals surface area contributed by atoms with Gasteiger partial charge in [-0.3, -0.25) is 13.9 Å². The lowest BCUT2D eigenvalue weighted by Gasteiger charge is -2.04. The second kappa shape index (κ2) is 6.89. The second-order valence-corrected chi connectivity index (χ2v) is 5.73. The Kier molecular flexibility index (Phi) is 5.17. The number of nitrogens with one attached hydrogen (secondary N) is 1. The number of hydrogen-bond acceptors (Lipinski definition) is 3. The third-order valence-corrected chi connectivity index (χ3v) is 3.73. The van der Waals surface area contributed by atoms with Gasteiger partial charge in [-0.1, -0.05) is 13.3 Å². The first kappa shape index (κ1) is 15.8. The number of aryl methyl sites for hydroxylation is 1. The van der Waals surface area contributed by atoms with Gasteiger partial charge in [-0.05, 0) is 35.3 Å². The largest absolute Gasteiger partial charge is 0.355 e. The van der Waals surface area contributed by atoms with Gasteiger partial charge >= 0.3 is 5.69 Å². The molecular weight excluding hydrogens is 336 g/mol. The van der Waals surface area contributed by atoms with Crippen molar-refractivity contribution in [3.05, 3.63) is 27.2 Å². The van der Waals surface area contributed by atoms with Crippen LogP contribution in [0.4, 0.5) is 0 Å². The Bertz CT molecular complexity index is 705. The fourth-order valence-electron chi connectivity index (χ4n) is 2.22. The van der Waals surface area contributed by atoms with Crippen LogP contribution in [0, 0.1) is 0 Å². The van der Waals surface area contributed by atoms with E-state index in [-0.39, 0.29) is 18.1 Å². The Morgan fingerprint density at radius 3 is 2.81 bits per heavy atom. The predicted octanol–water partition coefficient (Wildman–Crippen LogP) is 1.90. The fourth-order valence-corrected chi connectivity index (χ4v) is 2.54. The monoisotopic (exact) mass is 354 g/mol. The minimum absolute atomic E-state index is 0.000675. The number of pyridine rings is 1. The molecule has 0 aliphatic heterocycles. The number of halogens is 1. The third kappa shape index (κ3) is 3.34. The number of carbonyl (C=O) groups excluding carboxylic acids is 1. The van der Waals surface area contributed by atoms with E-state index in [1.54, 1.807) is 10.8 Å². The van der Waals surface area contributed by atoms with Crippen LogP contribution in [0.1, 0.15) is 26.7 Å². The number of fused-ring (bicyclic) bond motifs is 1. The highest BCUT2D eigenvalue weighted by Gasteiger charge is 2.15. The molecule has 0 saturated carbocycles. The van der Waals surface area contributed by atoms with Crippen molar-refractivity contribution in [2.45, 2.75) is 39.8 Å². The van der Waals surface area contributed by atoms with Crippen molar-refractivity contribution in [2.75, 3.05) is 6.54 Å². The molecule has 1 amide bonds. The Morgan fingerprint density at radius 2 is 2.14 bits per heavy atom. The average Bonchev–Trinajstić information content (AvgIpc) is 2.71. The highest BCUT2D eigenvalue weighted by Crippen LogP contribution is 2.16. The number of amides is 1.